The second-order valence-corrected chi connectivity index (χ2v) is 4.83. The van der Waals surface area contributed by atoms with Crippen LogP contribution in [0.15, 0.2) is 0 Å². The molecule has 1 saturated carbocycles. The predicted octanol–water partition coefficient (Wildman–Crippen LogP) is -0.690. The lowest BCUT2D eigenvalue weighted by atomic mass is 9.92. The Labute approximate surface area is 79.3 Å². The van der Waals surface area contributed by atoms with Gasteiger partial charge in [-0.25, -0.2) is 5.14 Å². The quantitative estimate of drug-likeness (QED) is 0.572. The summed E-state index contributed by atoms with van der Waals surface area (Å²) < 4.78 is 23.8. The smallest absolute Gasteiger partial charge is 0.274 e. The third kappa shape index (κ3) is 4.04. The average molecular weight is 207 g/mol. The van der Waals surface area contributed by atoms with Crippen molar-refractivity contribution < 1.29 is 8.42 Å². The summed E-state index contributed by atoms with van der Waals surface area (Å²) in [5, 5.41) is 8.06. The molecular weight excluding hydrogens is 190 g/mol. The number of nitrogens with one attached hydrogen (secondary N) is 2. The first kappa shape index (κ1) is 10.9. The summed E-state index contributed by atoms with van der Waals surface area (Å²) in [4.78, 5) is 0. The summed E-state index contributed by atoms with van der Waals surface area (Å²) >= 11 is 0. The molecule has 0 aromatic carbocycles. The van der Waals surface area contributed by atoms with Crippen LogP contribution >= 0.6 is 0 Å². The monoisotopic (exact) mass is 207 g/mol. The maximum absolute atomic E-state index is 10.7. The first-order chi connectivity index (χ1) is 6.01. The molecule has 1 fully saturated rings. The van der Waals surface area contributed by atoms with Gasteiger partial charge in [0.2, 0.25) is 0 Å². The molecule has 5 nitrogen and oxygen atoms in total. The van der Waals surface area contributed by atoms with Crippen LogP contribution in [-0.2, 0) is 10.2 Å². The van der Waals surface area contributed by atoms with Crippen LogP contribution in [0.4, 0.5) is 0 Å². The highest BCUT2D eigenvalue weighted by Gasteiger charge is 2.21. The Hall–Kier alpha value is -0.170. The van der Waals surface area contributed by atoms with E-state index in [1.165, 1.54) is 0 Å². The zero-order valence-electron chi connectivity index (χ0n) is 7.79. The molecule has 0 bridgehead atoms. The van der Waals surface area contributed by atoms with Gasteiger partial charge in [-0.2, -0.15) is 13.1 Å². The van der Waals surface area contributed by atoms with Gasteiger partial charge in [0.15, 0.2) is 0 Å². The first-order valence-corrected chi connectivity index (χ1v) is 6.03. The van der Waals surface area contributed by atoms with Gasteiger partial charge in [-0.05, 0) is 32.7 Å². The Bertz CT molecular complexity index is 244. The summed E-state index contributed by atoms with van der Waals surface area (Å²) in [7, 11) is -1.59. The lowest BCUT2D eigenvalue weighted by Gasteiger charge is -2.27. The zero-order chi connectivity index (χ0) is 9.90. The molecule has 0 unspecified atom stereocenters. The van der Waals surface area contributed by atoms with Gasteiger partial charge in [-0.15, -0.1) is 0 Å². The number of hydrogen-bond donors (Lipinski definition) is 3. The zero-order valence-corrected chi connectivity index (χ0v) is 8.60. The summed E-state index contributed by atoms with van der Waals surface area (Å²) in [6.07, 6.45) is 3.73. The minimum absolute atomic E-state index is 0.0274. The molecule has 0 saturated heterocycles. The highest BCUT2D eigenvalue weighted by atomic mass is 32.2. The topological polar surface area (TPSA) is 84.2 Å². The van der Waals surface area contributed by atoms with Crippen molar-refractivity contribution in [3.8, 4) is 0 Å². The van der Waals surface area contributed by atoms with E-state index in [4.69, 9.17) is 5.14 Å². The summed E-state index contributed by atoms with van der Waals surface area (Å²) in [6, 6.07) is 0.554. The van der Waals surface area contributed by atoms with Crippen molar-refractivity contribution in [2.75, 3.05) is 7.05 Å². The molecule has 0 atom stereocenters. The summed E-state index contributed by atoms with van der Waals surface area (Å²) in [6.45, 7) is 0. The third-order valence-corrected chi connectivity index (χ3v) is 3.13. The van der Waals surface area contributed by atoms with Crippen LogP contribution in [0.5, 0.6) is 0 Å². The minimum atomic E-state index is -3.52. The van der Waals surface area contributed by atoms with E-state index in [-0.39, 0.29) is 6.04 Å². The molecule has 1 aliphatic carbocycles. The lowest BCUT2D eigenvalue weighted by Crippen LogP contribution is -2.43. The standard InChI is InChI=1S/C7H17N3O2S/c1-9-6-2-4-7(5-3-6)10-13(8,11)12/h6-7,9-10H,2-5H2,1H3,(H2,8,11,12). The summed E-state index contributed by atoms with van der Waals surface area (Å²) in [5.41, 5.74) is 0. The molecule has 4 N–H and O–H groups in total. The lowest BCUT2D eigenvalue weighted by molar-refractivity contribution is 0.343. The molecule has 0 radical (unpaired) electrons. The molecule has 1 aliphatic rings. The van der Waals surface area contributed by atoms with Gasteiger partial charge in [-0.3, -0.25) is 0 Å². The maximum Gasteiger partial charge on any atom is 0.274 e. The fourth-order valence-electron chi connectivity index (χ4n) is 1.73. The molecule has 1 rings (SSSR count). The van der Waals surface area contributed by atoms with Crippen molar-refractivity contribution in [3.05, 3.63) is 0 Å². The van der Waals surface area contributed by atoms with Crippen molar-refractivity contribution in [1.82, 2.24) is 10.0 Å². The van der Waals surface area contributed by atoms with Crippen molar-refractivity contribution in [2.45, 2.75) is 37.8 Å². The Morgan fingerprint density at radius 1 is 1.15 bits per heavy atom. The molecule has 13 heavy (non-hydrogen) atoms. The summed E-state index contributed by atoms with van der Waals surface area (Å²) in [5.74, 6) is 0. The van der Waals surface area contributed by atoms with E-state index >= 15 is 0 Å². The molecule has 0 aromatic heterocycles. The van der Waals surface area contributed by atoms with Crippen LogP contribution in [0.3, 0.4) is 0 Å². The Morgan fingerprint density at radius 2 is 1.62 bits per heavy atom. The van der Waals surface area contributed by atoms with Gasteiger partial charge in [-0.1, -0.05) is 0 Å². The molecule has 78 valence electrons. The van der Waals surface area contributed by atoms with Crippen LogP contribution in [0.25, 0.3) is 0 Å². The van der Waals surface area contributed by atoms with Crippen LogP contribution < -0.4 is 15.2 Å². The van der Waals surface area contributed by atoms with Gasteiger partial charge in [0.05, 0.1) is 0 Å². The maximum atomic E-state index is 10.7. The van der Waals surface area contributed by atoms with E-state index in [1.54, 1.807) is 0 Å². The van der Waals surface area contributed by atoms with E-state index in [0.29, 0.717) is 6.04 Å². The highest BCUT2D eigenvalue weighted by molar-refractivity contribution is 7.87. The second kappa shape index (κ2) is 4.36. The van der Waals surface area contributed by atoms with Crippen LogP contribution in [0.2, 0.25) is 0 Å². The average Bonchev–Trinajstić information content (AvgIpc) is 2.03. The molecule has 0 aliphatic heterocycles. The molecular formula is C7H17N3O2S. The van der Waals surface area contributed by atoms with Crippen molar-refractivity contribution in [2.24, 2.45) is 5.14 Å². The van der Waals surface area contributed by atoms with E-state index in [0.717, 1.165) is 25.7 Å². The molecule has 0 spiro atoms. The molecule has 0 heterocycles. The Balaban J connectivity index is 2.33. The van der Waals surface area contributed by atoms with Gasteiger partial charge < -0.3 is 5.32 Å². The van der Waals surface area contributed by atoms with Gasteiger partial charge in [0.25, 0.3) is 10.2 Å². The van der Waals surface area contributed by atoms with Crippen molar-refractivity contribution in [3.63, 3.8) is 0 Å². The van der Waals surface area contributed by atoms with E-state index < -0.39 is 10.2 Å². The number of rotatable bonds is 3. The van der Waals surface area contributed by atoms with Crippen LogP contribution in [0.1, 0.15) is 25.7 Å². The second-order valence-electron chi connectivity index (χ2n) is 3.50. The fraction of sp³-hybridized carbons (Fsp3) is 1.00. The normalized spacial score (nSPS) is 30.3. The number of nitrogens with two attached hydrogens (primary N) is 1. The fourth-order valence-corrected chi connectivity index (χ4v) is 2.43. The molecule has 6 heteroatoms. The largest absolute Gasteiger partial charge is 0.317 e. The van der Waals surface area contributed by atoms with Gasteiger partial charge in [0.1, 0.15) is 0 Å². The molecule has 0 amide bonds. The Kier molecular flexibility index (Phi) is 3.66. The number of hydrogen-bond acceptors (Lipinski definition) is 3. The first-order valence-electron chi connectivity index (χ1n) is 4.48. The predicted molar refractivity (Wildman–Crippen MR) is 51.3 cm³/mol. The Morgan fingerprint density at radius 3 is 2.00 bits per heavy atom. The van der Waals surface area contributed by atoms with Gasteiger partial charge >= 0.3 is 0 Å². The van der Waals surface area contributed by atoms with Gasteiger partial charge in [0, 0.05) is 12.1 Å². The van der Waals surface area contributed by atoms with Crippen LogP contribution in [-0.4, -0.2) is 27.5 Å². The van der Waals surface area contributed by atoms with Crippen molar-refractivity contribution >= 4 is 10.2 Å². The van der Waals surface area contributed by atoms with Crippen molar-refractivity contribution in [1.29, 1.82) is 0 Å². The van der Waals surface area contributed by atoms with E-state index in [9.17, 15) is 8.42 Å². The molecule has 0 aromatic rings. The SMILES string of the molecule is CNC1CCC(NS(N)(=O)=O)CC1. The van der Waals surface area contributed by atoms with E-state index in [2.05, 4.69) is 10.0 Å². The third-order valence-electron chi connectivity index (χ3n) is 2.47. The minimum Gasteiger partial charge on any atom is -0.317 e. The van der Waals surface area contributed by atoms with E-state index in [1.807, 2.05) is 7.05 Å². The van der Waals surface area contributed by atoms with Crippen LogP contribution in [0, 0.1) is 0 Å². The highest BCUT2D eigenvalue weighted by Crippen LogP contribution is 2.18.